The molecule has 0 radical (unpaired) electrons. The van der Waals surface area contributed by atoms with Crippen LogP contribution in [-0.4, -0.2) is 26.1 Å². The van der Waals surface area contributed by atoms with E-state index >= 15 is 0 Å². The molecule has 1 atom stereocenters. The van der Waals surface area contributed by atoms with E-state index in [0.717, 1.165) is 5.56 Å². The standard InChI is InChI=1S/C23H17N5O4S/c29-19-11-10-15(12-18(19)28(31)32)21-24-17-9-5-4-8-16(17)20-22(30)25-23(26-27(20)21)33-13-14-6-2-1-3-7-14/h1-12,21,29H,13H2,(H,25,26,30). The van der Waals surface area contributed by atoms with Gasteiger partial charge in [0, 0.05) is 22.6 Å². The van der Waals surface area contributed by atoms with Crippen LogP contribution in [0.2, 0.25) is 0 Å². The van der Waals surface area contributed by atoms with Crippen LogP contribution in [0.1, 0.15) is 17.3 Å². The molecule has 10 heteroatoms. The predicted molar refractivity (Wildman–Crippen MR) is 123 cm³/mol. The first-order chi connectivity index (χ1) is 16.0. The van der Waals surface area contributed by atoms with Crippen molar-refractivity contribution in [2.75, 3.05) is 0 Å². The molecular formula is C23H17N5O4S. The average Bonchev–Trinajstić information content (AvgIpc) is 2.83. The highest BCUT2D eigenvalue weighted by Gasteiger charge is 2.35. The molecule has 33 heavy (non-hydrogen) atoms. The number of nitrogens with one attached hydrogen (secondary N) is 1. The second kappa shape index (κ2) is 8.40. The Bertz CT molecular complexity index is 1420. The molecule has 3 aromatic carbocycles. The van der Waals surface area contributed by atoms with E-state index in [4.69, 9.17) is 4.99 Å². The van der Waals surface area contributed by atoms with Crippen LogP contribution in [0.15, 0.2) is 82.9 Å². The zero-order valence-corrected chi connectivity index (χ0v) is 17.9. The number of fused-ring (bicyclic) bond motifs is 2. The van der Waals surface area contributed by atoms with Crippen molar-refractivity contribution in [3.63, 3.8) is 0 Å². The third-order valence-corrected chi connectivity index (χ3v) is 6.16. The molecule has 0 bridgehead atoms. The van der Waals surface area contributed by atoms with Gasteiger partial charge in [-0.1, -0.05) is 66.4 Å². The number of para-hydroxylation sites is 1. The molecule has 2 N–H and O–H groups in total. The van der Waals surface area contributed by atoms with Gasteiger partial charge >= 0.3 is 5.69 Å². The Labute approximate surface area is 191 Å². The van der Waals surface area contributed by atoms with Gasteiger partial charge in [0.15, 0.2) is 17.1 Å². The third kappa shape index (κ3) is 3.92. The van der Waals surface area contributed by atoms with E-state index in [1.807, 2.05) is 36.4 Å². The smallest absolute Gasteiger partial charge is 0.311 e. The number of phenols is 1. The number of thioether (sulfide) groups is 1. The zero-order valence-electron chi connectivity index (χ0n) is 17.1. The molecular weight excluding hydrogens is 442 g/mol. The van der Waals surface area contributed by atoms with E-state index in [1.165, 1.54) is 28.9 Å². The summed E-state index contributed by atoms with van der Waals surface area (Å²) in [5.41, 5.74) is 1.38. The minimum absolute atomic E-state index is 0.311. The number of carbonyl (C=O) groups excluding carboxylic acids is 1. The van der Waals surface area contributed by atoms with E-state index in [0.29, 0.717) is 32.8 Å². The maximum Gasteiger partial charge on any atom is 0.311 e. The van der Waals surface area contributed by atoms with Gasteiger partial charge in [0.05, 0.1) is 10.3 Å². The lowest BCUT2D eigenvalue weighted by molar-refractivity contribution is -0.386. The maximum absolute atomic E-state index is 13.1. The molecule has 0 spiro atoms. The van der Waals surface area contributed by atoms with Crippen molar-refractivity contribution in [1.82, 2.24) is 10.3 Å². The lowest BCUT2D eigenvalue weighted by Crippen LogP contribution is -2.50. The Hall–Kier alpha value is -4.18. The summed E-state index contributed by atoms with van der Waals surface area (Å²) in [4.78, 5) is 28.6. The number of amidine groups is 1. The summed E-state index contributed by atoms with van der Waals surface area (Å²) in [6.45, 7) is 0. The second-order valence-corrected chi connectivity index (χ2v) is 8.32. The number of hydrogen-bond donors (Lipinski definition) is 2. The van der Waals surface area contributed by atoms with E-state index in [9.17, 15) is 20.0 Å². The second-order valence-electron chi connectivity index (χ2n) is 7.35. The van der Waals surface area contributed by atoms with Crippen LogP contribution in [0.25, 0.3) is 5.70 Å². The summed E-state index contributed by atoms with van der Waals surface area (Å²) in [5, 5.41) is 31.8. The third-order valence-electron chi connectivity index (χ3n) is 5.23. The number of nitro groups is 1. The van der Waals surface area contributed by atoms with Crippen LogP contribution in [-0.2, 0) is 10.5 Å². The van der Waals surface area contributed by atoms with Gasteiger partial charge in [-0.05, 0) is 17.7 Å². The number of carbonyl (C=O) groups is 1. The summed E-state index contributed by atoms with van der Waals surface area (Å²) in [7, 11) is 0. The molecule has 9 nitrogen and oxygen atoms in total. The maximum atomic E-state index is 13.1. The number of rotatable bonds is 4. The topological polar surface area (TPSA) is 120 Å². The fourth-order valence-electron chi connectivity index (χ4n) is 3.68. The minimum atomic E-state index is -0.812. The van der Waals surface area contributed by atoms with Crippen molar-refractivity contribution in [3.8, 4) is 5.75 Å². The van der Waals surface area contributed by atoms with Crippen LogP contribution >= 0.6 is 11.8 Å². The van der Waals surface area contributed by atoms with Crippen LogP contribution in [0.3, 0.4) is 0 Å². The minimum Gasteiger partial charge on any atom is -0.502 e. The summed E-state index contributed by atoms with van der Waals surface area (Å²) in [6.07, 6.45) is -0.812. The van der Waals surface area contributed by atoms with Crippen molar-refractivity contribution in [2.45, 2.75) is 11.9 Å². The number of hydrogen-bond acceptors (Lipinski definition) is 8. The molecule has 3 aromatic rings. The Balaban J connectivity index is 1.60. The lowest BCUT2D eigenvalue weighted by atomic mass is 10.1. The van der Waals surface area contributed by atoms with Crippen molar-refractivity contribution >= 4 is 34.2 Å². The molecule has 0 saturated carbocycles. The molecule has 2 heterocycles. The SMILES string of the molecule is O=C1NC(SCc2ccccc2)=NN2C1=c1ccccc1=NC2c1ccc(O)c([N+](=O)[O-])c1. The van der Waals surface area contributed by atoms with Gasteiger partial charge in [0.1, 0.15) is 5.70 Å². The highest BCUT2D eigenvalue weighted by Crippen LogP contribution is 2.35. The van der Waals surface area contributed by atoms with Crippen LogP contribution < -0.4 is 15.9 Å². The van der Waals surface area contributed by atoms with Crippen molar-refractivity contribution < 1.29 is 14.8 Å². The molecule has 2 aliphatic heterocycles. The Morgan fingerprint density at radius 3 is 2.64 bits per heavy atom. The highest BCUT2D eigenvalue weighted by atomic mass is 32.2. The van der Waals surface area contributed by atoms with Gasteiger partial charge in [-0.2, -0.15) is 0 Å². The monoisotopic (exact) mass is 459 g/mol. The Kier molecular flexibility index (Phi) is 5.27. The zero-order chi connectivity index (χ0) is 22.9. The Morgan fingerprint density at radius 2 is 1.85 bits per heavy atom. The van der Waals surface area contributed by atoms with E-state index < -0.39 is 22.5 Å². The number of phenolic OH excluding ortho intramolecular Hbond substituents is 1. The quantitative estimate of drug-likeness (QED) is 0.457. The first-order valence-electron chi connectivity index (χ1n) is 10.0. The molecule has 1 amide bonds. The van der Waals surface area contributed by atoms with E-state index in [1.54, 1.807) is 24.3 Å². The first-order valence-corrected chi connectivity index (χ1v) is 11.0. The summed E-state index contributed by atoms with van der Waals surface area (Å²) >= 11 is 1.37. The van der Waals surface area contributed by atoms with E-state index in [-0.39, 0.29) is 5.91 Å². The van der Waals surface area contributed by atoms with E-state index in [2.05, 4.69) is 10.4 Å². The summed E-state index contributed by atoms with van der Waals surface area (Å²) < 4.78 is 0. The molecule has 0 fully saturated rings. The van der Waals surface area contributed by atoms with Crippen LogP contribution in [0.5, 0.6) is 5.75 Å². The van der Waals surface area contributed by atoms with Gasteiger partial charge in [0.25, 0.3) is 5.91 Å². The first kappa shape index (κ1) is 20.7. The normalized spacial score (nSPS) is 16.8. The van der Waals surface area contributed by atoms with Crippen molar-refractivity contribution in [1.29, 1.82) is 0 Å². The lowest BCUT2D eigenvalue weighted by Gasteiger charge is -2.34. The molecule has 2 aliphatic rings. The average molecular weight is 459 g/mol. The number of amides is 1. The molecule has 1 unspecified atom stereocenters. The number of nitro benzene ring substituents is 1. The fraction of sp³-hybridized carbons (Fsp3) is 0.0870. The number of benzene rings is 3. The molecule has 164 valence electrons. The number of nitrogens with zero attached hydrogens (tertiary/aromatic N) is 4. The van der Waals surface area contributed by atoms with Gasteiger partial charge in [-0.3, -0.25) is 25.2 Å². The molecule has 0 aromatic heterocycles. The van der Waals surface area contributed by atoms with Gasteiger partial charge in [-0.15, -0.1) is 5.10 Å². The number of aromatic hydroxyl groups is 1. The summed E-state index contributed by atoms with van der Waals surface area (Å²) in [5.74, 6) is -0.170. The predicted octanol–water partition coefficient (Wildman–Crippen LogP) is 2.38. The van der Waals surface area contributed by atoms with Gasteiger partial charge in [-0.25, -0.2) is 5.01 Å². The van der Waals surface area contributed by atoms with Crippen LogP contribution in [0, 0.1) is 10.1 Å². The largest absolute Gasteiger partial charge is 0.502 e. The molecule has 5 rings (SSSR count). The molecule has 0 aliphatic carbocycles. The van der Waals surface area contributed by atoms with Gasteiger partial charge in [0.2, 0.25) is 0 Å². The van der Waals surface area contributed by atoms with Crippen molar-refractivity contribution in [3.05, 3.63) is 105 Å². The summed E-state index contributed by atoms with van der Waals surface area (Å²) in [6, 6.07) is 21.0. The highest BCUT2D eigenvalue weighted by molar-refractivity contribution is 8.13. The number of hydrazone groups is 1. The fourth-order valence-corrected chi connectivity index (χ4v) is 4.49. The van der Waals surface area contributed by atoms with Crippen LogP contribution in [0.4, 0.5) is 5.69 Å². The van der Waals surface area contributed by atoms with Gasteiger partial charge < -0.3 is 5.11 Å². The Morgan fingerprint density at radius 1 is 1.09 bits per heavy atom. The molecule has 0 saturated heterocycles. The van der Waals surface area contributed by atoms with Crippen molar-refractivity contribution in [2.24, 2.45) is 10.1 Å².